The lowest BCUT2D eigenvalue weighted by Crippen LogP contribution is -2.21. The molecule has 1 aliphatic rings. The quantitative estimate of drug-likeness (QED) is 0.752. The fourth-order valence-electron chi connectivity index (χ4n) is 2.13. The number of aromatic nitrogens is 3. The first-order chi connectivity index (χ1) is 10.6. The molecule has 8 nitrogen and oxygen atoms in total. The normalized spacial score (nSPS) is 17.0. The first-order valence-corrected chi connectivity index (χ1v) is 6.51. The molecule has 10 heteroatoms. The Hall–Kier alpha value is -2.46. The van der Waals surface area contributed by atoms with Gasteiger partial charge in [0.1, 0.15) is 5.75 Å². The van der Waals surface area contributed by atoms with Gasteiger partial charge in [0.05, 0.1) is 18.5 Å². The minimum absolute atomic E-state index is 0.199. The Morgan fingerprint density at radius 2 is 2.32 bits per heavy atom. The van der Waals surface area contributed by atoms with Crippen molar-refractivity contribution in [2.75, 3.05) is 0 Å². The molecular weight excluding hydrogens is 294 g/mol. The van der Waals surface area contributed by atoms with Crippen LogP contribution >= 0.6 is 0 Å². The fraction of sp³-hybridized carbons (Fsp3) is 0.250. The Kier molecular flexibility index (Phi) is 4.03. The lowest BCUT2D eigenvalue weighted by atomic mass is 10.0. The predicted octanol–water partition coefficient (Wildman–Crippen LogP) is -0.0413. The second kappa shape index (κ2) is 6.12. The average Bonchev–Trinajstić information content (AvgIpc) is 3.13. The van der Waals surface area contributed by atoms with Crippen LogP contribution in [0.2, 0.25) is 0 Å². The zero-order valence-corrected chi connectivity index (χ0v) is 11.3. The molecule has 0 bridgehead atoms. The van der Waals surface area contributed by atoms with Gasteiger partial charge in [-0.15, -0.1) is 5.10 Å². The zero-order chi connectivity index (χ0) is 15.5. The fourth-order valence-corrected chi connectivity index (χ4v) is 2.13. The third kappa shape index (κ3) is 3.23. The summed E-state index contributed by atoms with van der Waals surface area (Å²) in [5.41, 5.74) is 1.14. The van der Waals surface area contributed by atoms with Gasteiger partial charge in [0.25, 0.3) is 0 Å². The van der Waals surface area contributed by atoms with E-state index in [1.165, 1.54) is 12.1 Å². The van der Waals surface area contributed by atoms with Crippen molar-refractivity contribution in [3.63, 3.8) is 0 Å². The van der Waals surface area contributed by atoms with Crippen LogP contribution in [-0.4, -0.2) is 44.2 Å². The standard InChI is InChI=1S/C12H12BFN4O4/c14-10-5-8(1-2-12(10)21-13(19)20)11-6-9(22-16-11)7-18-4-3-15-17-18/h1-5,9,19-20H,6-7H2/t9-/m1/s1. The van der Waals surface area contributed by atoms with Crippen LogP contribution in [0.4, 0.5) is 4.39 Å². The molecule has 0 amide bonds. The molecule has 1 aromatic heterocycles. The minimum Gasteiger partial charge on any atom is -0.510 e. The zero-order valence-electron chi connectivity index (χ0n) is 11.3. The highest BCUT2D eigenvalue weighted by molar-refractivity contribution is 6.33. The maximum Gasteiger partial charge on any atom is 0.707 e. The van der Waals surface area contributed by atoms with Crippen molar-refractivity contribution in [1.29, 1.82) is 0 Å². The van der Waals surface area contributed by atoms with E-state index in [1.54, 1.807) is 23.1 Å². The second-order valence-electron chi connectivity index (χ2n) is 4.68. The molecule has 0 saturated heterocycles. The molecule has 0 aliphatic carbocycles. The van der Waals surface area contributed by atoms with Crippen LogP contribution < -0.4 is 4.65 Å². The summed E-state index contributed by atoms with van der Waals surface area (Å²) in [6, 6.07) is 4.08. The number of nitrogens with zero attached hydrogens (tertiary/aromatic N) is 4. The molecule has 1 aliphatic heterocycles. The van der Waals surface area contributed by atoms with Crippen molar-refractivity contribution in [3.05, 3.63) is 42.0 Å². The van der Waals surface area contributed by atoms with Crippen LogP contribution in [0, 0.1) is 5.82 Å². The summed E-state index contributed by atoms with van der Waals surface area (Å²) in [6.07, 6.45) is 3.59. The van der Waals surface area contributed by atoms with Gasteiger partial charge in [-0.25, -0.2) is 9.07 Å². The van der Waals surface area contributed by atoms with Crippen LogP contribution in [0.25, 0.3) is 0 Å². The Morgan fingerprint density at radius 1 is 1.45 bits per heavy atom. The SMILES string of the molecule is OB(O)Oc1ccc(C2=NO[C@@H](Cn3ccnn3)C2)cc1F. The molecule has 0 unspecified atom stereocenters. The minimum atomic E-state index is -2.07. The highest BCUT2D eigenvalue weighted by Crippen LogP contribution is 2.23. The van der Waals surface area contributed by atoms with E-state index >= 15 is 0 Å². The topological polar surface area (TPSA) is 102 Å². The summed E-state index contributed by atoms with van der Waals surface area (Å²) in [5.74, 6) is -0.967. The molecule has 114 valence electrons. The Balaban J connectivity index is 1.66. The summed E-state index contributed by atoms with van der Waals surface area (Å²) in [5, 5.41) is 28.8. The lowest BCUT2D eigenvalue weighted by molar-refractivity contribution is 0.0693. The van der Waals surface area contributed by atoms with Crippen LogP contribution in [0.15, 0.2) is 35.7 Å². The summed E-state index contributed by atoms with van der Waals surface area (Å²) in [4.78, 5) is 5.29. The van der Waals surface area contributed by atoms with E-state index in [9.17, 15) is 4.39 Å². The number of benzene rings is 1. The second-order valence-corrected chi connectivity index (χ2v) is 4.68. The van der Waals surface area contributed by atoms with Crippen molar-refractivity contribution in [1.82, 2.24) is 15.0 Å². The van der Waals surface area contributed by atoms with Gasteiger partial charge >= 0.3 is 7.32 Å². The third-order valence-corrected chi connectivity index (χ3v) is 3.09. The number of hydrogen-bond acceptors (Lipinski definition) is 7. The van der Waals surface area contributed by atoms with E-state index in [2.05, 4.69) is 20.1 Å². The van der Waals surface area contributed by atoms with Gasteiger partial charge in [0.2, 0.25) is 0 Å². The van der Waals surface area contributed by atoms with Crippen LogP contribution in [0.3, 0.4) is 0 Å². The molecule has 1 atom stereocenters. The first kappa shape index (κ1) is 14.5. The van der Waals surface area contributed by atoms with E-state index in [0.29, 0.717) is 24.2 Å². The lowest BCUT2D eigenvalue weighted by Gasteiger charge is -2.08. The molecule has 0 fully saturated rings. The van der Waals surface area contributed by atoms with Crippen LogP contribution in [-0.2, 0) is 11.4 Å². The smallest absolute Gasteiger partial charge is 0.510 e. The Bertz CT molecular complexity index is 680. The van der Waals surface area contributed by atoms with E-state index in [-0.39, 0.29) is 11.9 Å². The van der Waals surface area contributed by atoms with Gasteiger partial charge in [-0.2, -0.15) is 0 Å². The molecule has 0 spiro atoms. The maximum absolute atomic E-state index is 13.8. The van der Waals surface area contributed by atoms with Gasteiger partial charge < -0.3 is 19.5 Å². The molecule has 22 heavy (non-hydrogen) atoms. The number of halogens is 1. The summed E-state index contributed by atoms with van der Waals surface area (Å²) in [6.45, 7) is 0.493. The van der Waals surface area contributed by atoms with Crippen molar-refractivity contribution in [3.8, 4) is 5.75 Å². The third-order valence-electron chi connectivity index (χ3n) is 3.09. The van der Waals surface area contributed by atoms with Gasteiger partial charge in [0, 0.05) is 18.2 Å². The molecule has 0 saturated carbocycles. The highest BCUT2D eigenvalue weighted by atomic mass is 19.1. The van der Waals surface area contributed by atoms with Crippen molar-refractivity contribution in [2.45, 2.75) is 19.1 Å². The summed E-state index contributed by atoms with van der Waals surface area (Å²) in [7, 11) is -2.07. The molecule has 0 radical (unpaired) electrons. The van der Waals surface area contributed by atoms with Crippen molar-refractivity contribution < 1.29 is 23.9 Å². The summed E-state index contributed by atoms with van der Waals surface area (Å²) < 4.78 is 19.9. The van der Waals surface area contributed by atoms with Gasteiger partial charge in [-0.1, -0.05) is 10.4 Å². The number of oxime groups is 1. The van der Waals surface area contributed by atoms with Crippen molar-refractivity contribution in [2.24, 2.45) is 5.16 Å². The number of rotatable bonds is 5. The molecule has 1 aromatic carbocycles. The van der Waals surface area contributed by atoms with E-state index in [1.807, 2.05) is 0 Å². The number of hydrogen-bond donors (Lipinski definition) is 2. The van der Waals surface area contributed by atoms with Crippen LogP contribution in [0.5, 0.6) is 5.75 Å². The Labute approximate surface area is 124 Å². The largest absolute Gasteiger partial charge is 0.707 e. The molecule has 2 heterocycles. The van der Waals surface area contributed by atoms with Crippen molar-refractivity contribution >= 4 is 13.0 Å². The van der Waals surface area contributed by atoms with E-state index < -0.39 is 13.1 Å². The van der Waals surface area contributed by atoms with Gasteiger partial charge in [-0.3, -0.25) is 0 Å². The van der Waals surface area contributed by atoms with E-state index in [0.717, 1.165) is 0 Å². The van der Waals surface area contributed by atoms with Crippen LogP contribution in [0.1, 0.15) is 12.0 Å². The molecule has 2 N–H and O–H groups in total. The monoisotopic (exact) mass is 306 g/mol. The highest BCUT2D eigenvalue weighted by Gasteiger charge is 2.24. The predicted molar refractivity (Wildman–Crippen MR) is 73.3 cm³/mol. The molecule has 3 rings (SSSR count). The van der Waals surface area contributed by atoms with Gasteiger partial charge in [-0.05, 0) is 18.2 Å². The molecular formula is C12H12BFN4O4. The van der Waals surface area contributed by atoms with E-state index in [4.69, 9.17) is 14.9 Å². The maximum atomic E-state index is 13.8. The van der Waals surface area contributed by atoms with Gasteiger partial charge in [0.15, 0.2) is 11.9 Å². The summed E-state index contributed by atoms with van der Waals surface area (Å²) >= 11 is 0. The average molecular weight is 306 g/mol. The molecule has 2 aromatic rings. The Morgan fingerprint density at radius 3 is 3.00 bits per heavy atom. The first-order valence-electron chi connectivity index (χ1n) is 6.51.